The average molecular weight is 350 g/mol. The Hall–Kier alpha value is -2.11. The molecule has 118 valence electrons. The summed E-state index contributed by atoms with van der Waals surface area (Å²) in [6.07, 6.45) is 3.88. The molecule has 0 spiro atoms. The van der Waals surface area contributed by atoms with Crippen LogP contribution in [-0.2, 0) is 11.2 Å². The molecule has 2 heterocycles. The molecule has 23 heavy (non-hydrogen) atoms. The summed E-state index contributed by atoms with van der Waals surface area (Å²) in [5.41, 5.74) is 2.88. The van der Waals surface area contributed by atoms with E-state index in [2.05, 4.69) is 9.97 Å². The molecule has 0 unspecified atom stereocenters. The lowest BCUT2D eigenvalue weighted by Gasteiger charge is -2.06. The number of halogens is 2. The van der Waals surface area contributed by atoms with Gasteiger partial charge in [0.1, 0.15) is 5.69 Å². The first-order chi connectivity index (χ1) is 11.1. The molecule has 0 aliphatic carbocycles. The average Bonchev–Trinajstić information content (AvgIpc) is 2.93. The largest absolute Gasteiger partial charge is 0.464 e. The minimum Gasteiger partial charge on any atom is -0.464 e. The molecule has 0 aliphatic rings. The number of rotatable bonds is 3. The zero-order valence-corrected chi connectivity index (χ0v) is 14.0. The van der Waals surface area contributed by atoms with E-state index in [9.17, 15) is 4.79 Å². The number of ether oxygens (including phenoxy) is 1. The number of fused-ring (bicyclic) bond motifs is 1. The molecule has 2 aromatic heterocycles. The van der Waals surface area contributed by atoms with Crippen LogP contribution in [0.25, 0.3) is 16.9 Å². The van der Waals surface area contributed by atoms with Gasteiger partial charge in [-0.3, -0.25) is 9.38 Å². The molecule has 1 aromatic carbocycles. The van der Waals surface area contributed by atoms with E-state index in [1.54, 1.807) is 35.0 Å². The number of carbonyl (C=O) groups excluding carboxylic acids is 1. The van der Waals surface area contributed by atoms with Crippen molar-refractivity contribution in [2.45, 2.75) is 13.3 Å². The second kappa shape index (κ2) is 6.18. The highest BCUT2D eigenvalue weighted by molar-refractivity contribution is 6.36. The molecule has 3 rings (SSSR count). The molecule has 3 aromatic rings. The van der Waals surface area contributed by atoms with Crippen molar-refractivity contribution in [3.05, 3.63) is 52.0 Å². The van der Waals surface area contributed by atoms with Crippen molar-refractivity contribution in [3.8, 4) is 11.3 Å². The quantitative estimate of drug-likeness (QED) is 0.669. The third-order valence-corrected chi connectivity index (χ3v) is 4.06. The lowest BCUT2D eigenvalue weighted by atomic mass is 10.1. The Morgan fingerprint density at radius 3 is 2.78 bits per heavy atom. The second-order valence-corrected chi connectivity index (χ2v) is 5.69. The van der Waals surface area contributed by atoms with E-state index in [-0.39, 0.29) is 0 Å². The van der Waals surface area contributed by atoms with Gasteiger partial charge in [0, 0.05) is 23.0 Å². The number of benzene rings is 1. The number of hydrogen-bond acceptors (Lipinski definition) is 4. The van der Waals surface area contributed by atoms with Gasteiger partial charge in [-0.05, 0) is 24.6 Å². The molecule has 0 saturated carbocycles. The molecular weight excluding hydrogens is 337 g/mol. The fourth-order valence-corrected chi connectivity index (χ4v) is 2.95. The van der Waals surface area contributed by atoms with Crippen molar-refractivity contribution in [2.75, 3.05) is 7.11 Å². The molecule has 0 amide bonds. The van der Waals surface area contributed by atoms with Crippen LogP contribution in [0.2, 0.25) is 10.0 Å². The Labute approximate surface area is 142 Å². The molecule has 0 radical (unpaired) electrons. The molecule has 0 N–H and O–H groups in total. The number of carbonyl (C=O) groups is 1. The predicted octanol–water partition coefficient (Wildman–Crippen LogP) is 4.05. The summed E-state index contributed by atoms with van der Waals surface area (Å²) in [5.74, 6) is -0.436. The number of hydrogen-bond donors (Lipinski definition) is 0. The number of methoxy groups -OCH3 is 1. The summed E-state index contributed by atoms with van der Waals surface area (Å²) >= 11 is 12.2. The van der Waals surface area contributed by atoms with Crippen LogP contribution in [0.1, 0.15) is 23.1 Å². The van der Waals surface area contributed by atoms with Crippen molar-refractivity contribution in [2.24, 2.45) is 0 Å². The zero-order chi connectivity index (χ0) is 16.6. The standard InChI is InChI=1S/C16H13Cl2N3O2/c1-3-12-14(16(22)23-2)21-7-6-19-13(15(21)20-12)10-5-4-9(17)8-11(10)18/h4-8H,3H2,1-2H3. The summed E-state index contributed by atoms with van der Waals surface area (Å²) in [5, 5.41) is 1.01. The summed E-state index contributed by atoms with van der Waals surface area (Å²) < 4.78 is 6.55. The number of esters is 1. The van der Waals surface area contributed by atoms with Crippen LogP contribution in [0.4, 0.5) is 0 Å². The van der Waals surface area contributed by atoms with Crippen LogP contribution in [0, 0.1) is 0 Å². The van der Waals surface area contributed by atoms with Crippen molar-refractivity contribution in [1.82, 2.24) is 14.4 Å². The van der Waals surface area contributed by atoms with E-state index >= 15 is 0 Å². The Morgan fingerprint density at radius 1 is 1.35 bits per heavy atom. The van der Waals surface area contributed by atoms with E-state index < -0.39 is 5.97 Å². The molecule has 5 nitrogen and oxygen atoms in total. The topological polar surface area (TPSA) is 56.5 Å². The van der Waals surface area contributed by atoms with Gasteiger partial charge in [-0.2, -0.15) is 0 Å². The highest BCUT2D eigenvalue weighted by atomic mass is 35.5. The van der Waals surface area contributed by atoms with Crippen molar-refractivity contribution in [1.29, 1.82) is 0 Å². The van der Waals surface area contributed by atoms with Gasteiger partial charge >= 0.3 is 5.97 Å². The summed E-state index contributed by atoms with van der Waals surface area (Å²) in [6.45, 7) is 1.93. The van der Waals surface area contributed by atoms with Gasteiger partial charge in [-0.15, -0.1) is 0 Å². The highest BCUT2D eigenvalue weighted by Crippen LogP contribution is 2.32. The highest BCUT2D eigenvalue weighted by Gasteiger charge is 2.22. The first-order valence-electron chi connectivity index (χ1n) is 6.96. The minimum absolute atomic E-state index is 0.402. The maximum absolute atomic E-state index is 12.1. The fraction of sp³-hybridized carbons (Fsp3) is 0.188. The Balaban J connectivity index is 2.31. The van der Waals surface area contributed by atoms with Crippen molar-refractivity contribution in [3.63, 3.8) is 0 Å². The molecule has 7 heteroatoms. The number of aromatic nitrogens is 3. The van der Waals surface area contributed by atoms with E-state index in [4.69, 9.17) is 27.9 Å². The Morgan fingerprint density at radius 2 is 2.13 bits per heavy atom. The number of aryl methyl sites for hydroxylation is 1. The van der Waals surface area contributed by atoms with E-state index in [0.717, 1.165) is 0 Å². The van der Waals surface area contributed by atoms with Crippen LogP contribution in [-0.4, -0.2) is 27.4 Å². The van der Waals surface area contributed by atoms with Crippen LogP contribution in [0.5, 0.6) is 0 Å². The van der Waals surface area contributed by atoms with Gasteiger partial charge in [-0.1, -0.05) is 30.1 Å². The molecule has 0 atom stereocenters. The van der Waals surface area contributed by atoms with Crippen LogP contribution in [0.3, 0.4) is 0 Å². The third-order valence-electron chi connectivity index (χ3n) is 3.51. The van der Waals surface area contributed by atoms with Gasteiger partial charge < -0.3 is 4.74 Å². The van der Waals surface area contributed by atoms with Crippen LogP contribution in [0.15, 0.2) is 30.6 Å². The summed E-state index contributed by atoms with van der Waals surface area (Å²) in [4.78, 5) is 21.0. The molecule has 0 bridgehead atoms. The molecule has 0 saturated heterocycles. The van der Waals surface area contributed by atoms with Crippen molar-refractivity contribution >= 4 is 34.8 Å². The normalized spacial score (nSPS) is 11.0. The predicted molar refractivity (Wildman–Crippen MR) is 89.2 cm³/mol. The lowest BCUT2D eigenvalue weighted by Crippen LogP contribution is -2.08. The van der Waals surface area contributed by atoms with Crippen molar-refractivity contribution < 1.29 is 9.53 Å². The number of nitrogens with zero attached hydrogens (tertiary/aromatic N) is 3. The van der Waals surface area contributed by atoms with Crippen LogP contribution >= 0.6 is 23.2 Å². The smallest absolute Gasteiger partial charge is 0.357 e. The maximum Gasteiger partial charge on any atom is 0.357 e. The monoisotopic (exact) mass is 349 g/mol. The summed E-state index contributed by atoms with van der Waals surface area (Å²) in [7, 11) is 1.35. The third kappa shape index (κ3) is 2.66. The second-order valence-electron chi connectivity index (χ2n) is 4.85. The zero-order valence-electron chi connectivity index (χ0n) is 12.5. The summed E-state index contributed by atoms with van der Waals surface area (Å²) in [6, 6.07) is 5.17. The van der Waals surface area contributed by atoms with Gasteiger partial charge in [-0.25, -0.2) is 9.78 Å². The first-order valence-corrected chi connectivity index (χ1v) is 7.72. The lowest BCUT2D eigenvalue weighted by molar-refractivity contribution is 0.0591. The van der Waals surface area contributed by atoms with E-state index in [1.807, 2.05) is 6.92 Å². The van der Waals surface area contributed by atoms with Crippen LogP contribution < -0.4 is 0 Å². The molecular formula is C16H13Cl2N3O2. The maximum atomic E-state index is 12.1. The Kier molecular flexibility index (Phi) is 4.24. The van der Waals surface area contributed by atoms with Gasteiger partial charge in [0.05, 0.1) is 17.8 Å². The Bertz CT molecular complexity index is 906. The molecule has 0 fully saturated rings. The molecule has 0 aliphatic heterocycles. The number of imidazole rings is 1. The van der Waals surface area contributed by atoms with E-state index in [1.165, 1.54) is 7.11 Å². The minimum atomic E-state index is -0.436. The first kappa shape index (κ1) is 15.8. The fourth-order valence-electron chi connectivity index (χ4n) is 2.45. The van der Waals surface area contributed by atoms with Gasteiger partial charge in [0.2, 0.25) is 0 Å². The van der Waals surface area contributed by atoms with Gasteiger partial charge in [0.15, 0.2) is 11.3 Å². The SMILES string of the molecule is CCc1nc2c(-c3ccc(Cl)cc3Cl)nccn2c1C(=O)OC. The van der Waals surface area contributed by atoms with E-state index in [0.29, 0.717) is 44.8 Å². The van der Waals surface area contributed by atoms with Gasteiger partial charge in [0.25, 0.3) is 0 Å².